The van der Waals surface area contributed by atoms with E-state index in [9.17, 15) is 4.79 Å². The number of hydrogen-bond donors (Lipinski definition) is 3. The Morgan fingerprint density at radius 3 is 2.53 bits per heavy atom. The molecule has 0 radical (unpaired) electrons. The van der Waals surface area contributed by atoms with Crippen LogP contribution < -0.4 is 16.8 Å². The van der Waals surface area contributed by atoms with Crippen molar-refractivity contribution in [2.45, 2.75) is 0 Å². The van der Waals surface area contributed by atoms with Gasteiger partial charge >= 0.3 is 0 Å². The molecule has 5 nitrogen and oxygen atoms in total. The number of benzene rings is 1. The minimum absolute atomic E-state index is 0.301. The number of nitrogens with two attached hydrogens (primary N) is 2. The molecule has 0 atom stereocenters. The number of amides is 1. The molecule has 0 saturated heterocycles. The molecule has 1 heterocycles. The van der Waals surface area contributed by atoms with Crippen molar-refractivity contribution in [1.29, 1.82) is 0 Å². The van der Waals surface area contributed by atoms with Gasteiger partial charge < -0.3 is 16.8 Å². The van der Waals surface area contributed by atoms with Gasteiger partial charge in [-0.25, -0.2) is 4.98 Å². The highest BCUT2D eigenvalue weighted by Crippen LogP contribution is 2.16. The van der Waals surface area contributed by atoms with E-state index in [1.165, 1.54) is 0 Å². The molecule has 0 aliphatic carbocycles. The van der Waals surface area contributed by atoms with Crippen LogP contribution >= 0.6 is 12.2 Å². The van der Waals surface area contributed by atoms with Crippen molar-refractivity contribution in [1.82, 2.24) is 4.98 Å². The molecular formula is C13H12N4OS. The number of carbonyl (C=O) groups is 1. The molecule has 0 bridgehead atoms. The van der Waals surface area contributed by atoms with Crippen molar-refractivity contribution in [3.05, 3.63) is 53.7 Å². The van der Waals surface area contributed by atoms with E-state index in [2.05, 4.69) is 10.3 Å². The number of nitrogens with one attached hydrogen (secondary N) is 1. The summed E-state index contributed by atoms with van der Waals surface area (Å²) in [7, 11) is 0. The lowest BCUT2D eigenvalue weighted by Gasteiger charge is -2.07. The van der Waals surface area contributed by atoms with E-state index in [0.29, 0.717) is 21.9 Å². The van der Waals surface area contributed by atoms with Gasteiger partial charge in [-0.2, -0.15) is 0 Å². The van der Waals surface area contributed by atoms with Crippen molar-refractivity contribution >= 4 is 34.6 Å². The molecule has 0 saturated carbocycles. The third-order valence-electron chi connectivity index (χ3n) is 2.47. The van der Waals surface area contributed by atoms with E-state index in [-0.39, 0.29) is 0 Å². The highest BCUT2D eigenvalue weighted by atomic mass is 32.1. The zero-order valence-corrected chi connectivity index (χ0v) is 10.8. The van der Waals surface area contributed by atoms with E-state index in [4.69, 9.17) is 23.7 Å². The van der Waals surface area contributed by atoms with Crippen LogP contribution in [0, 0.1) is 0 Å². The zero-order valence-electron chi connectivity index (χ0n) is 9.96. The Labute approximate surface area is 115 Å². The van der Waals surface area contributed by atoms with Crippen LogP contribution in [0.1, 0.15) is 15.9 Å². The van der Waals surface area contributed by atoms with Gasteiger partial charge in [0.2, 0.25) is 5.91 Å². The van der Waals surface area contributed by atoms with Crippen LogP contribution in [0.5, 0.6) is 0 Å². The summed E-state index contributed by atoms with van der Waals surface area (Å²) in [6.07, 6.45) is 1.59. The third-order valence-corrected chi connectivity index (χ3v) is 2.70. The molecule has 96 valence electrons. The molecule has 0 spiro atoms. The number of nitrogens with zero attached hydrogens (tertiary/aromatic N) is 1. The van der Waals surface area contributed by atoms with E-state index in [1.807, 2.05) is 6.07 Å². The number of aromatic nitrogens is 1. The topological polar surface area (TPSA) is 94.0 Å². The molecule has 0 aliphatic heterocycles. The summed E-state index contributed by atoms with van der Waals surface area (Å²) in [5.74, 6) is 0.155. The van der Waals surface area contributed by atoms with Gasteiger partial charge in [0.1, 0.15) is 10.8 Å². The third kappa shape index (κ3) is 3.26. The molecule has 6 heteroatoms. The second-order valence-electron chi connectivity index (χ2n) is 3.87. The highest BCUT2D eigenvalue weighted by molar-refractivity contribution is 7.80. The van der Waals surface area contributed by atoms with Crippen LogP contribution in [-0.2, 0) is 0 Å². The Hall–Kier alpha value is -2.47. The molecule has 0 fully saturated rings. The lowest BCUT2D eigenvalue weighted by molar-refractivity contribution is 0.100. The Bertz CT molecular complexity index is 625. The van der Waals surface area contributed by atoms with Crippen LogP contribution in [0.3, 0.4) is 0 Å². The van der Waals surface area contributed by atoms with Crippen molar-refractivity contribution in [2.24, 2.45) is 11.5 Å². The van der Waals surface area contributed by atoms with Crippen LogP contribution in [0.2, 0.25) is 0 Å². The van der Waals surface area contributed by atoms with Gasteiger partial charge in [0.15, 0.2) is 0 Å². The first-order valence-electron chi connectivity index (χ1n) is 5.49. The van der Waals surface area contributed by atoms with E-state index in [1.54, 1.807) is 36.5 Å². The largest absolute Gasteiger partial charge is 0.389 e. The fourth-order valence-electron chi connectivity index (χ4n) is 1.51. The molecule has 1 amide bonds. The van der Waals surface area contributed by atoms with Crippen molar-refractivity contribution in [3.63, 3.8) is 0 Å². The van der Waals surface area contributed by atoms with Gasteiger partial charge in [0.05, 0.1) is 0 Å². The van der Waals surface area contributed by atoms with Gasteiger partial charge in [0, 0.05) is 23.0 Å². The zero-order chi connectivity index (χ0) is 13.8. The maximum absolute atomic E-state index is 11.1. The number of primary amides is 1. The Balaban J connectivity index is 2.19. The minimum Gasteiger partial charge on any atom is -0.389 e. The van der Waals surface area contributed by atoms with Gasteiger partial charge in [0.25, 0.3) is 0 Å². The predicted molar refractivity (Wildman–Crippen MR) is 78.4 cm³/mol. The summed E-state index contributed by atoms with van der Waals surface area (Å²) in [4.78, 5) is 15.6. The molecule has 2 aromatic rings. The summed E-state index contributed by atoms with van der Waals surface area (Å²) in [5.41, 5.74) is 12.6. The maximum atomic E-state index is 11.1. The van der Waals surface area contributed by atoms with Gasteiger partial charge in [-0.1, -0.05) is 18.3 Å². The van der Waals surface area contributed by atoms with Crippen LogP contribution in [0.25, 0.3) is 0 Å². The summed E-state index contributed by atoms with van der Waals surface area (Å²) < 4.78 is 0. The number of pyridine rings is 1. The molecule has 5 N–H and O–H groups in total. The highest BCUT2D eigenvalue weighted by Gasteiger charge is 2.02. The predicted octanol–water partition coefficient (Wildman–Crippen LogP) is 1.56. The number of hydrogen-bond acceptors (Lipinski definition) is 4. The van der Waals surface area contributed by atoms with Crippen molar-refractivity contribution in [3.8, 4) is 0 Å². The van der Waals surface area contributed by atoms with E-state index < -0.39 is 5.91 Å². The first-order valence-corrected chi connectivity index (χ1v) is 5.90. The fraction of sp³-hybridized carbons (Fsp3) is 0. The quantitative estimate of drug-likeness (QED) is 0.734. The average molecular weight is 272 g/mol. The lowest BCUT2D eigenvalue weighted by Crippen LogP contribution is -2.11. The van der Waals surface area contributed by atoms with Crippen molar-refractivity contribution < 1.29 is 4.79 Å². The standard InChI is InChI=1S/C13H12N4OS/c14-12(18)8-2-1-3-10(6-8)17-11-5-4-9(7-16-11)13(15)19/h1-7H,(H2,14,18)(H2,15,19)(H,16,17). The fourth-order valence-corrected chi connectivity index (χ4v) is 1.63. The molecule has 1 aromatic heterocycles. The van der Waals surface area contributed by atoms with Crippen molar-refractivity contribution in [2.75, 3.05) is 5.32 Å². The number of carbonyl (C=O) groups excluding carboxylic acids is 1. The Morgan fingerprint density at radius 2 is 1.95 bits per heavy atom. The van der Waals surface area contributed by atoms with Crippen LogP contribution in [0.4, 0.5) is 11.5 Å². The van der Waals surface area contributed by atoms with E-state index >= 15 is 0 Å². The maximum Gasteiger partial charge on any atom is 0.248 e. The van der Waals surface area contributed by atoms with Gasteiger partial charge in [-0.15, -0.1) is 0 Å². The normalized spacial score (nSPS) is 9.89. The van der Waals surface area contributed by atoms with E-state index in [0.717, 1.165) is 5.69 Å². The van der Waals surface area contributed by atoms with Crippen LogP contribution in [0.15, 0.2) is 42.6 Å². The summed E-state index contributed by atoms with van der Waals surface area (Å²) in [6.45, 7) is 0. The SMILES string of the molecule is NC(=O)c1cccc(Nc2ccc(C(N)=S)cn2)c1. The summed E-state index contributed by atoms with van der Waals surface area (Å²) in [6, 6.07) is 10.4. The lowest BCUT2D eigenvalue weighted by atomic mass is 10.2. The molecule has 0 unspecified atom stereocenters. The smallest absolute Gasteiger partial charge is 0.248 e. The second-order valence-corrected chi connectivity index (χ2v) is 4.31. The first-order chi connectivity index (χ1) is 9.06. The Morgan fingerprint density at radius 1 is 1.16 bits per heavy atom. The van der Waals surface area contributed by atoms with Gasteiger partial charge in [-0.3, -0.25) is 4.79 Å². The number of anilines is 2. The molecular weight excluding hydrogens is 260 g/mol. The summed E-state index contributed by atoms with van der Waals surface area (Å²) >= 11 is 4.85. The number of rotatable bonds is 4. The van der Waals surface area contributed by atoms with Crippen LogP contribution in [-0.4, -0.2) is 15.9 Å². The Kier molecular flexibility index (Phi) is 3.72. The second kappa shape index (κ2) is 5.45. The minimum atomic E-state index is -0.472. The summed E-state index contributed by atoms with van der Waals surface area (Å²) in [5, 5.41) is 3.06. The molecule has 0 aliphatic rings. The first kappa shape index (κ1) is 13.0. The molecule has 1 aromatic carbocycles. The van der Waals surface area contributed by atoms with Gasteiger partial charge in [-0.05, 0) is 30.3 Å². The number of thiocarbonyl (C=S) groups is 1. The monoisotopic (exact) mass is 272 g/mol. The average Bonchev–Trinajstić information content (AvgIpc) is 2.39. The molecule has 19 heavy (non-hydrogen) atoms. The molecule has 2 rings (SSSR count).